The molecule has 2 rings (SSSR count). The van der Waals surface area contributed by atoms with Crippen LogP contribution in [0.1, 0.15) is 5.56 Å². The van der Waals surface area contributed by atoms with Crippen molar-refractivity contribution in [3.05, 3.63) is 47.0 Å². The molecule has 0 atom stereocenters. The summed E-state index contributed by atoms with van der Waals surface area (Å²) in [5.74, 6) is 0. The number of hydrogen-bond acceptors (Lipinski definition) is 4. The summed E-state index contributed by atoms with van der Waals surface area (Å²) in [7, 11) is -3.82. The number of nitrogens with two attached hydrogens (primary N) is 2. The first kappa shape index (κ1) is 14.6. The third kappa shape index (κ3) is 3.22. The lowest BCUT2D eigenvalue weighted by molar-refractivity contribution is 0.598. The van der Waals surface area contributed by atoms with Crippen LogP contribution in [0.15, 0.2) is 41.3 Å². The molecule has 106 valence electrons. The molecule has 0 aliphatic rings. The Morgan fingerprint density at radius 2 is 1.85 bits per heavy atom. The topological polar surface area (TPSA) is 98.2 Å². The quantitative estimate of drug-likeness (QED) is 0.759. The van der Waals surface area contributed by atoms with Crippen LogP contribution in [0.5, 0.6) is 0 Å². The number of aryl methyl sites for hydroxylation is 1. The Labute approximate surface area is 122 Å². The minimum atomic E-state index is -3.82. The van der Waals surface area contributed by atoms with Gasteiger partial charge in [-0.1, -0.05) is 17.7 Å². The molecule has 0 bridgehead atoms. The highest BCUT2D eigenvalue weighted by Gasteiger charge is 2.12. The minimum absolute atomic E-state index is 0.0840. The zero-order valence-corrected chi connectivity index (χ0v) is 12.3. The highest BCUT2D eigenvalue weighted by Crippen LogP contribution is 2.28. The fraction of sp³-hybridized carbons (Fsp3) is 0.0769. The summed E-state index contributed by atoms with van der Waals surface area (Å²) in [5.41, 5.74) is 8.16. The second kappa shape index (κ2) is 5.32. The average molecular weight is 312 g/mol. The lowest BCUT2D eigenvalue weighted by atomic mass is 10.2. The van der Waals surface area contributed by atoms with Gasteiger partial charge in [-0.05, 0) is 42.8 Å². The van der Waals surface area contributed by atoms with E-state index in [1.54, 1.807) is 6.07 Å². The second-order valence-electron chi connectivity index (χ2n) is 4.41. The van der Waals surface area contributed by atoms with Crippen molar-refractivity contribution in [2.75, 3.05) is 11.1 Å². The summed E-state index contributed by atoms with van der Waals surface area (Å²) < 4.78 is 22.5. The van der Waals surface area contributed by atoms with Gasteiger partial charge in [0.1, 0.15) is 4.90 Å². The number of primary sulfonamides is 1. The van der Waals surface area contributed by atoms with Crippen LogP contribution in [-0.4, -0.2) is 8.42 Å². The van der Waals surface area contributed by atoms with E-state index in [1.807, 2.05) is 25.1 Å². The first-order valence-electron chi connectivity index (χ1n) is 5.73. The SMILES string of the molecule is Cc1ccc(Nc2ccc(S(N)(=O)=O)c(N)c2)c(Cl)c1. The molecule has 0 unspecified atom stereocenters. The van der Waals surface area contributed by atoms with Crippen molar-refractivity contribution in [2.24, 2.45) is 5.14 Å². The highest BCUT2D eigenvalue weighted by molar-refractivity contribution is 7.89. The van der Waals surface area contributed by atoms with E-state index < -0.39 is 10.0 Å². The number of sulfonamides is 1. The van der Waals surface area contributed by atoms with Gasteiger partial charge in [0.25, 0.3) is 0 Å². The maximum absolute atomic E-state index is 11.3. The first-order valence-corrected chi connectivity index (χ1v) is 7.65. The molecule has 5 N–H and O–H groups in total. The van der Waals surface area contributed by atoms with Gasteiger partial charge in [0.2, 0.25) is 10.0 Å². The minimum Gasteiger partial charge on any atom is -0.398 e. The van der Waals surface area contributed by atoms with E-state index in [0.717, 1.165) is 5.56 Å². The van der Waals surface area contributed by atoms with Crippen LogP contribution < -0.4 is 16.2 Å². The third-order valence-electron chi connectivity index (χ3n) is 2.72. The van der Waals surface area contributed by atoms with Gasteiger partial charge in [-0.2, -0.15) is 0 Å². The largest absolute Gasteiger partial charge is 0.398 e. The number of anilines is 3. The lowest BCUT2D eigenvalue weighted by Crippen LogP contribution is -2.14. The van der Waals surface area contributed by atoms with Crippen LogP contribution in [0.25, 0.3) is 0 Å². The van der Waals surface area contributed by atoms with Gasteiger partial charge in [0.05, 0.1) is 16.4 Å². The molecule has 0 saturated heterocycles. The molecule has 7 heteroatoms. The van der Waals surface area contributed by atoms with E-state index in [9.17, 15) is 8.42 Å². The van der Waals surface area contributed by atoms with Crippen LogP contribution in [0.4, 0.5) is 17.1 Å². The molecule has 0 saturated carbocycles. The molecule has 0 amide bonds. The molecule has 2 aromatic rings. The van der Waals surface area contributed by atoms with Crippen LogP contribution in [-0.2, 0) is 10.0 Å². The zero-order chi connectivity index (χ0) is 14.9. The Bertz CT molecular complexity index is 760. The molecule has 0 aromatic heterocycles. The summed E-state index contributed by atoms with van der Waals surface area (Å²) in [6.45, 7) is 1.94. The Hall–Kier alpha value is -1.76. The van der Waals surface area contributed by atoms with Gasteiger partial charge >= 0.3 is 0 Å². The average Bonchev–Trinajstić information content (AvgIpc) is 2.31. The predicted octanol–water partition coefficient (Wildman–Crippen LogP) is 2.62. The first-order chi connectivity index (χ1) is 9.27. The Kier molecular flexibility index (Phi) is 3.89. The maximum Gasteiger partial charge on any atom is 0.240 e. The number of halogens is 1. The van der Waals surface area contributed by atoms with E-state index in [2.05, 4.69) is 5.32 Å². The Morgan fingerprint density at radius 1 is 1.15 bits per heavy atom. The number of nitrogens with one attached hydrogen (secondary N) is 1. The van der Waals surface area contributed by atoms with Gasteiger partial charge in [-0.25, -0.2) is 13.6 Å². The van der Waals surface area contributed by atoms with Gasteiger partial charge in [-0.3, -0.25) is 0 Å². The number of benzene rings is 2. The van der Waals surface area contributed by atoms with Crippen molar-refractivity contribution in [1.29, 1.82) is 0 Å². The lowest BCUT2D eigenvalue weighted by Gasteiger charge is -2.11. The summed E-state index contributed by atoms with van der Waals surface area (Å²) in [4.78, 5) is -0.0990. The van der Waals surface area contributed by atoms with Gasteiger partial charge in [-0.15, -0.1) is 0 Å². The fourth-order valence-electron chi connectivity index (χ4n) is 1.76. The van der Waals surface area contributed by atoms with Crippen molar-refractivity contribution in [3.63, 3.8) is 0 Å². The van der Waals surface area contributed by atoms with E-state index in [4.69, 9.17) is 22.5 Å². The zero-order valence-electron chi connectivity index (χ0n) is 10.7. The molecule has 2 aromatic carbocycles. The fourth-order valence-corrected chi connectivity index (χ4v) is 2.69. The van der Waals surface area contributed by atoms with Crippen LogP contribution in [0.2, 0.25) is 5.02 Å². The van der Waals surface area contributed by atoms with E-state index >= 15 is 0 Å². The normalized spacial score (nSPS) is 11.3. The molecule has 0 fully saturated rings. The summed E-state index contributed by atoms with van der Waals surface area (Å²) in [5, 5.41) is 8.69. The predicted molar refractivity (Wildman–Crippen MR) is 81.7 cm³/mol. The number of rotatable bonds is 3. The molecular weight excluding hydrogens is 298 g/mol. The van der Waals surface area contributed by atoms with Gasteiger partial charge in [0, 0.05) is 5.69 Å². The van der Waals surface area contributed by atoms with Gasteiger partial charge in [0.15, 0.2) is 0 Å². The summed E-state index contributed by atoms with van der Waals surface area (Å²) in [6, 6.07) is 10.0. The van der Waals surface area contributed by atoms with Crippen LogP contribution in [0.3, 0.4) is 0 Å². The third-order valence-corrected chi connectivity index (χ3v) is 4.02. The number of nitrogen functional groups attached to an aromatic ring is 1. The molecule has 0 spiro atoms. The highest BCUT2D eigenvalue weighted by atomic mass is 35.5. The standard InChI is InChI=1S/C13H14ClN3O2S/c1-8-2-4-12(10(14)6-8)17-9-3-5-13(11(15)7-9)20(16,18)19/h2-7,17H,15H2,1H3,(H2,16,18,19). The van der Waals surface area contributed by atoms with E-state index in [-0.39, 0.29) is 10.6 Å². The van der Waals surface area contributed by atoms with Crippen molar-refractivity contribution in [1.82, 2.24) is 0 Å². The molecule has 0 aliphatic heterocycles. The maximum atomic E-state index is 11.3. The molecule has 0 heterocycles. The molecule has 0 radical (unpaired) electrons. The van der Waals surface area contributed by atoms with Gasteiger partial charge < -0.3 is 11.1 Å². The summed E-state index contributed by atoms with van der Waals surface area (Å²) >= 11 is 6.11. The molecule has 20 heavy (non-hydrogen) atoms. The summed E-state index contributed by atoms with van der Waals surface area (Å²) in [6.07, 6.45) is 0. The van der Waals surface area contributed by atoms with Crippen molar-refractivity contribution in [3.8, 4) is 0 Å². The van der Waals surface area contributed by atoms with Crippen molar-refractivity contribution < 1.29 is 8.42 Å². The number of hydrogen-bond donors (Lipinski definition) is 3. The van der Waals surface area contributed by atoms with Crippen LogP contribution in [0, 0.1) is 6.92 Å². The Morgan fingerprint density at radius 3 is 2.40 bits per heavy atom. The monoisotopic (exact) mass is 311 g/mol. The van der Waals surface area contributed by atoms with E-state index in [1.165, 1.54) is 12.1 Å². The molecule has 5 nitrogen and oxygen atoms in total. The molecular formula is C13H14ClN3O2S. The molecule has 0 aliphatic carbocycles. The van der Waals surface area contributed by atoms with Crippen LogP contribution >= 0.6 is 11.6 Å². The Balaban J connectivity index is 2.34. The van der Waals surface area contributed by atoms with E-state index in [0.29, 0.717) is 16.4 Å². The van der Waals surface area contributed by atoms with Crippen molar-refractivity contribution in [2.45, 2.75) is 11.8 Å². The second-order valence-corrected chi connectivity index (χ2v) is 6.34. The van der Waals surface area contributed by atoms with Crippen molar-refractivity contribution >= 4 is 38.7 Å². The smallest absolute Gasteiger partial charge is 0.240 e.